The fourth-order valence-electron chi connectivity index (χ4n) is 3.21. The van der Waals surface area contributed by atoms with Crippen LogP contribution in [-0.4, -0.2) is 50.3 Å². The summed E-state index contributed by atoms with van der Waals surface area (Å²) in [4.78, 5) is 25.6. The summed E-state index contributed by atoms with van der Waals surface area (Å²) in [6.45, 7) is 4.56. The molecule has 0 radical (unpaired) electrons. The summed E-state index contributed by atoms with van der Waals surface area (Å²) in [5, 5.41) is 5.27. The zero-order valence-corrected chi connectivity index (χ0v) is 20.2. The van der Waals surface area contributed by atoms with Gasteiger partial charge in [0.25, 0.3) is 5.91 Å². The maximum absolute atomic E-state index is 12.9. The summed E-state index contributed by atoms with van der Waals surface area (Å²) in [6.07, 6.45) is 0. The minimum Gasteiger partial charge on any atom is -0.435 e. The number of halogens is 2. The van der Waals surface area contributed by atoms with Crippen LogP contribution in [0.15, 0.2) is 53.4 Å². The highest BCUT2D eigenvalue weighted by Crippen LogP contribution is 2.19. The van der Waals surface area contributed by atoms with Crippen LogP contribution in [0.3, 0.4) is 0 Å². The van der Waals surface area contributed by atoms with E-state index in [1.165, 1.54) is 52.8 Å². The molecule has 2 aromatic carbocycles. The quantitative estimate of drug-likeness (QED) is 0.493. The first-order valence-corrected chi connectivity index (χ1v) is 12.2. The van der Waals surface area contributed by atoms with E-state index in [-0.39, 0.29) is 22.1 Å². The number of hydrogen-bond acceptors (Lipinski definition) is 5. The van der Waals surface area contributed by atoms with Crippen molar-refractivity contribution < 1.29 is 31.5 Å². The fourth-order valence-corrected chi connectivity index (χ4v) is 4.71. The number of nitrogens with zero attached hydrogens (tertiary/aromatic N) is 1. The van der Waals surface area contributed by atoms with Gasteiger partial charge in [-0.15, -0.1) is 0 Å². The Labute approximate surface area is 198 Å². The smallest absolute Gasteiger partial charge is 0.387 e. The maximum Gasteiger partial charge on any atom is 0.387 e. The van der Waals surface area contributed by atoms with Crippen LogP contribution in [-0.2, 0) is 14.8 Å². The van der Waals surface area contributed by atoms with Crippen LogP contribution in [0.2, 0.25) is 0 Å². The molecule has 34 heavy (non-hydrogen) atoms. The standard InChI is InChI=1S/C23H29F2N3O5S/c1-5-28(6-2)34(31,32)19-9-7-8-16(14-19)21(29)27-20(15(3)4)22(30)26-17-10-12-18(13-11-17)33-23(24)25/h7-15,20,23H,5-6H2,1-4H3,(H,26,30)(H,27,29)/t20-/m0/s1. The van der Waals surface area contributed by atoms with Gasteiger partial charge in [-0.25, -0.2) is 8.42 Å². The summed E-state index contributed by atoms with van der Waals surface area (Å²) in [5.74, 6) is -1.47. The molecule has 2 aromatic rings. The van der Waals surface area contributed by atoms with Crippen molar-refractivity contribution >= 4 is 27.5 Å². The van der Waals surface area contributed by atoms with Crippen molar-refractivity contribution in [3.8, 4) is 5.75 Å². The Hall–Kier alpha value is -3.05. The van der Waals surface area contributed by atoms with Crippen LogP contribution >= 0.6 is 0 Å². The fraction of sp³-hybridized carbons (Fsp3) is 0.391. The molecular formula is C23H29F2N3O5S. The first kappa shape index (κ1) is 27.2. The van der Waals surface area contributed by atoms with E-state index in [0.717, 1.165) is 0 Å². The summed E-state index contributed by atoms with van der Waals surface area (Å²) in [6, 6.07) is 10.1. The van der Waals surface area contributed by atoms with Gasteiger partial charge in [-0.1, -0.05) is 33.8 Å². The van der Waals surface area contributed by atoms with Gasteiger partial charge in [-0.2, -0.15) is 13.1 Å². The van der Waals surface area contributed by atoms with Gasteiger partial charge >= 0.3 is 6.61 Å². The summed E-state index contributed by atoms with van der Waals surface area (Å²) in [7, 11) is -3.75. The third kappa shape index (κ3) is 6.97. The van der Waals surface area contributed by atoms with Crippen LogP contribution in [0.4, 0.5) is 14.5 Å². The Morgan fingerprint density at radius 3 is 2.18 bits per heavy atom. The molecule has 0 unspecified atom stereocenters. The molecule has 0 saturated carbocycles. The Morgan fingerprint density at radius 2 is 1.65 bits per heavy atom. The molecule has 186 valence electrons. The van der Waals surface area contributed by atoms with E-state index in [1.807, 2.05) is 0 Å². The second-order valence-electron chi connectivity index (χ2n) is 7.70. The Kier molecular flexibility index (Phi) is 9.51. The van der Waals surface area contributed by atoms with Gasteiger partial charge in [0, 0.05) is 24.3 Å². The van der Waals surface area contributed by atoms with Gasteiger partial charge in [0.1, 0.15) is 11.8 Å². The zero-order chi connectivity index (χ0) is 25.5. The number of amides is 2. The third-order valence-electron chi connectivity index (χ3n) is 5.02. The molecule has 2 N–H and O–H groups in total. The Balaban J connectivity index is 2.16. The highest BCUT2D eigenvalue weighted by atomic mass is 32.2. The molecule has 0 bridgehead atoms. The molecule has 11 heteroatoms. The minimum atomic E-state index is -3.75. The number of hydrogen-bond donors (Lipinski definition) is 2. The van der Waals surface area contributed by atoms with Crippen molar-refractivity contribution in [1.29, 1.82) is 0 Å². The summed E-state index contributed by atoms with van der Waals surface area (Å²) in [5.41, 5.74) is 0.430. The molecule has 8 nitrogen and oxygen atoms in total. The number of anilines is 1. The van der Waals surface area contributed by atoms with Crippen LogP contribution in [0.25, 0.3) is 0 Å². The van der Waals surface area contributed by atoms with Gasteiger partial charge < -0.3 is 15.4 Å². The van der Waals surface area contributed by atoms with E-state index in [1.54, 1.807) is 27.7 Å². The second-order valence-corrected chi connectivity index (χ2v) is 9.64. The average Bonchev–Trinajstić information content (AvgIpc) is 2.78. The highest BCUT2D eigenvalue weighted by molar-refractivity contribution is 7.89. The SMILES string of the molecule is CCN(CC)S(=O)(=O)c1cccc(C(=O)N[C@H](C(=O)Nc2ccc(OC(F)F)cc2)C(C)C)c1. The van der Waals surface area contributed by atoms with Crippen molar-refractivity contribution in [2.75, 3.05) is 18.4 Å². The number of nitrogens with one attached hydrogen (secondary N) is 2. The maximum atomic E-state index is 12.9. The van der Waals surface area contributed by atoms with E-state index >= 15 is 0 Å². The van der Waals surface area contributed by atoms with Gasteiger partial charge in [-0.05, 0) is 48.4 Å². The highest BCUT2D eigenvalue weighted by Gasteiger charge is 2.26. The number of ether oxygens (including phenoxy) is 1. The molecule has 0 spiro atoms. The first-order valence-electron chi connectivity index (χ1n) is 10.8. The zero-order valence-electron chi connectivity index (χ0n) is 19.4. The van der Waals surface area contributed by atoms with Gasteiger partial charge in [0.2, 0.25) is 15.9 Å². The lowest BCUT2D eigenvalue weighted by Crippen LogP contribution is -2.47. The number of alkyl halides is 2. The molecule has 2 amide bonds. The van der Waals surface area contributed by atoms with Crippen molar-refractivity contribution in [2.45, 2.75) is 45.2 Å². The van der Waals surface area contributed by atoms with Crippen LogP contribution in [0.5, 0.6) is 5.75 Å². The van der Waals surface area contributed by atoms with Gasteiger partial charge in [-0.3, -0.25) is 9.59 Å². The Morgan fingerprint density at radius 1 is 1.03 bits per heavy atom. The average molecular weight is 498 g/mol. The lowest BCUT2D eigenvalue weighted by molar-refractivity contribution is -0.118. The van der Waals surface area contributed by atoms with Crippen molar-refractivity contribution in [2.24, 2.45) is 5.92 Å². The second kappa shape index (κ2) is 11.9. The lowest BCUT2D eigenvalue weighted by atomic mass is 10.0. The number of benzene rings is 2. The van der Waals surface area contributed by atoms with E-state index in [4.69, 9.17) is 0 Å². The number of rotatable bonds is 11. The molecule has 0 aromatic heterocycles. The molecule has 0 heterocycles. The van der Waals surface area contributed by atoms with E-state index in [2.05, 4.69) is 15.4 Å². The molecule has 1 atom stereocenters. The van der Waals surface area contributed by atoms with Crippen molar-refractivity contribution in [1.82, 2.24) is 9.62 Å². The predicted molar refractivity (Wildman–Crippen MR) is 124 cm³/mol. The lowest BCUT2D eigenvalue weighted by Gasteiger charge is -2.22. The summed E-state index contributed by atoms with van der Waals surface area (Å²) >= 11 is 0. The summed E-state index contributed by atoms with van der Waals surface area (Å²) < 4.78 is 55.7. The van der Waals surface area contributed by atoms with E-state index < -0.39 is 34.5 Å². The van der Waals surface area contributed by atoms with Crippen molar-refractivity contribution in [3.63, 3.8) is 0 Å². The molecule has 0 aliphatic carbocycles. The monoisotopic (exact) mass is 497 g/mol. The van der Waals surface area contributed by atoms with Crippen LogP contribution in [0, 0.1) is 5.92 Å². The number of sulfonamides is 1. The van der Waals surface area contributed by atoms with Crippen LogP contribution < -0.4 is 15.4 Å². The molecule has 0 saturated heterocycles. The molecular weight excluding hydrogens is 468 g/mol. The topological polar surface area (TPSA) is 105 Å². The molecule has 2 rings (SSSR count). The number of carbonyl (C=O) groups is 2. The van der Waals surface area contributed by atoms with Crippen molar-refractivity contribution in [3.05, 3.63) is 54.1 Å². The number of carbonyl (C=O) groups excluding carboxylic acids is 2. The molecule has 0 aliphatic rings. The van der Waals surface area contributed by atoms with Gasteiger partial charge in [0.05, 0.1) is 4.90 Å². The third-order valence-corrected chi connectivity index (χ3v) is 7.07. The minimum absolute atomic E-state index is 0.0134. The largest absolute Gasteiger partial charge is 0.435 e. The first-order chi connectivity index (χ1) is 16.0. The molecule has 0 fully saturated rings. The van der Waals surface area contributed by atoms with E-state index in [0.29, 0.717) is 18.8 Å². The Bertz CT molecular complexity index is 1090. The van der Waals surface area contributed by atoms with Gasteiger partial charge in [0.15, 0.2) is 0 Å². The normalized spacial score (nSPS) is 12.6. The van der Waals surface area contributed by atoms with Crippen LogP contribution in [0.1, 0.15) is 38.1 Å². The molecule has 0 aliphatic heterocycles. The predicted octanol–water partition coefficient (Wildman–Crippen LogP) is 3.71. The van der Waals surface area contributed by atoms with E-state index in [9.17, 15) is 26.8 Å².